The maximum Gasteiger partial charge on any atom is 0.313 e. The van der Waals surface area contributed by atoms with E-state index in [1.165, 1.54) is 23.8 Å². The summed E-state index contributed by atoms with van der Waals surface area (Å²) in [5.74, 6) is 0.392. The number of rotatable bonds is 12. The molecular formula is C21H30O5S. The lowest BCUT2D eigenvalue weighted by molar-refractivity contribution is -0.161. The Balaban J connectivity index is 1.52. The van der Waals surface area contributed by atoms with Gasteiger partial charge in [-0.1, -0.05) is 12.1 Å². The molecule has 1 aromatic carbocycles. The molecule has 0 bridgehead atoms. The predicted octanol–water partition coefficient (Wildman–Crippen LogP) is 4.17. The van der Waals surface area contributed by atoms with Gasteiger partial charge in [-0.05, 0) is 68.9 Å². The maximum absolute atomic E-state index is 11.2. The van der Waals surface area contributed by atoms with Crippen LogP contribution in [0.5, 0.6) is 0 Å². The van der Waals surface area contributed by atoms with Gasteiger partial charge >= 0.3 is 5.97 Å². The van der Waals surface area contributed by atoms with Crippen LogP contribution in [0.4, 0.5) is 0 Å². The Morgan fingerprint density at radius 2 is 1.96 bits per heavy atom. The summed E-state index contributed by atoms with van der Waals surface area (Å²) in [7, 11) is 0. The quantitative estimate of drug-likeness (QED) is 0.229. The van der Waals surface area contributed by atoms with Crippen LogP contribution in [-0.2, 0) is 30.2 Å². The Morgan fingerprint density at radius 1 is 1.15 bits per heavy atom. The molecule has 1 saturated heterocycles. The van der Waals surface area contributed by atoms with Gasteiger partial charge in [0.05, 0.1) is 13.2 Å². The molecule has 1 heterocycles. The minimum atomic E-state index is -0.426. The number of carbonyl (C=O) groups excluding carboxylic acids is 2. The molecule has 1 atom stereocenters. The van der Waals surface area contributed by atoms with E-state index in [-0.39, 0.29) is 18.5 Å². The highest BCUT2D eigenvalue weighted by Crippen LogP contribution is 2.20. The number of ether oxygens (including phenoxy) is 3. The number of esters is 1. The highest BCUT2D eigenvalue weighted by molar-refractivity contribution is 7.99. The molecular weight excluding hydrogens is 364 g/mol. The highest BCUT2D eigenvalue weighted by atomic mass is 32.2. The third-order valence-corrected chi connectivity index (χ3v) is 5.32. The largest absolute Gasteiger partial charge is 0.465 e. The van der Waals surface area contributed by atoms with Gasteiger partial charge in [-0.15, -0.1) is 11.8 Å². The van der Waals surface area contributed by atoms with Gasteiger partial charge in [-0.2, -0.15) is 0 Å². The van der Waals surface area contributed by atoms with Crippen LogP contribution in [0.3, 0.4) is 0 Å². The molecule has 1 fully saturated rings. The smallest absolute Gasteiger partial charge is 0.313 e. The van der Waals surface area contributed by atoms with E-state index in [1.54, 1.807) is 11.8 Å². The van der Waals surface area contributed by atoms with E-state index < -0.39 is 5.97 Å². The summed E-state index contributed by atoms with van der Waals surface area (Å²) in [6, 6.07) is 8.59. The normalized spacial score (nSPS) is 16.9. The fraction of sp³-hybridized carbons (Fsp3) is 0.619. The van der Waals surface area contributed by atoms with Gasteiger partial charge < -0.3 is 14.2 Å². The molecule has 0 saturated carbocycles. The zero-order valence-corrected chi connectivity index (χ0v) is 16.9. The minimum absolute atomic E-state index is 0.0182. The third-order valence-electron chi connectivity index (χ3n) is 4.22. The molecule has 1 aromatic rings. The van der Waals surface area contributed by atoms with E-state index in [2.05, 4.69) is 24.3 Å². The number of benzene rings is 1. The number of Topliss-reactive ketones (excluding diaryl/α,β-unsaturated/α-hetero) is 1. The van der Waals surface area contributed by atoms with Crippen molar-refractivity contribution in [2.75, 3.05) is 25.6 Å². The summed E-state index contributed by atoms with van der Waals surface area (Å²) in [6.45, 7) is 3.29. The Bertz CT molecular complexity index is 566. The van der Waals surface area contributed by atoms with Gasteiger partial charge in [0, 0.05) is 11.5 Å². The van der Waals surface area contributed by atoms with Crippen molar-refractivity contribution in [2.45, 2.75) is 63.1 Å². The van der Waals surface area contributed by atoms with E-state index in [9.17, 15) is 9.59 Å². The predicted molar refractivity (Wildman–Crippen MR) is 106 cm³/mol. The summed E-state index contributed by atoms with van der Waals surface area (Å²) in [5.41, 5.74) is 1.27. The van der Waals surface area contributed by atoms with Crippen LogP contribution in [0.25, 0.3) is 0 Å². The standard InChI is InChI=1S/C21H30O5S/c1-17(22)16-20(23)24-12-4-5-15-27-19-9-7-18(8-10-19)11-14-26-21-6-2-3-13-25-21/h7-10,21H,2-6,11-16H2,1H3. The second-order valence-electron chi connectivity index (χ2n) is 6.72. The van der Waals surface area contributed by atoms with Gasteiger partial charge in [0.25, 0.3) is 0 Å². The monoisotopic (exact) mass is 394 g/mol. The van der Waals surface area contributed by atoms with Crippen molar-refractivity contribution in [3.63, 3.8) is 0 Å². The Labute approximate surface area is 166 Å². The van der Waals surface area contributed by atoms with Gasteiger partial charge in [-0.3, -0.25) is 9.59 Å². The third kappa shape index (κ3) is 9.94. The molecule has 1 aliphatic rings. The molecule has 150 valence electrons. The fourth-order valence-electron chi connectivity index (χ4n) is 2.74. The van der Waals surface area contributed by atoms with Gasteiger partial charge in [-0.25, -0.2) is 0 Å². The van der Waals surface area contributed by atoms with Crippen LogP contribution < -0.4 is 0 Å². The van der Waals surface area contributed by atoms with Crippen molar-refractivity contribution < 1.29 is 23.8 Å². The molecule has 5 nitrogen and oxygen atoms in total. The van der Waals surface area contributed by atoms with E-state index in [1.807, 2.05) is 0 Å². The second-order valence-corrected chi connectivity index (χ2v) is 7.88. The lowest BCUT2D eigenvalue weighted by Gasteiger charge is -2.22. The Hall–Kier alpha value is -1.37. The van der Waals surface area contributed by atoms with Crippen molar-refractivity contribution in [3.05, 3.63) is 29.8 Å². The van der Waals surface area contributed by atoms with Gasteiger partial charge in [0.2, 0.25) is 0 Å². The minimum Gasteiger partial charge on any atom is -0.465 e. The van der Waals surface area contributed by atoms with Crippen LogP contribution in [0.15, 0.2) is 29.2 Å². The molecule has 0 aromatic heterocycles. The molecule has 0 radical (unpaired) electrons. The molecule has 0 spiro atoms. The van der Waals surface area contributed by atoms with Crippen molar-refractivity contribution in [1.82, 2.24) is 0 Å². The van der Waals surface area contributed by atoms with Crippen LogP contribution in [0.2, 0.25) is 0 Å². The van der Waals surface area contributed by atoms with Gasteiger partial charge in [0.15, 0.2) is 6.29 Å². The average molecular weight is 395 g/mol. The van der Waals surface area contributed by atoms with Crippen molar-refractivity contribution in [1.29, 1.82) is 0 Å². The lowest BCUT2D eigenvalue weighted by atomic mass is 10.1. The number of ketones is 1. The first-order valence-electron chi connectivity index (χ1n) is 9.73. The fourth-order valence-corrected chi connectivity index (χ4v) is 3.65. The number of thioether (sulfide) groups is 1. The summed E-state index contributed by atoms with van der Waals surface area (Å²) >= 11 is 1.80. The summed E-state index contributed by atoms with van der Waals surface area (Å²) in [6.07, 6.45) is 5.88. The van der Waals surface area contributed by atoms with Crippen LogP contribution >= 0.6 is 11.8 Å². The first-order chi connectivity index (χ1) is 13.1. The van der Waals surface area contributed by atoms with E-state index >= 15 is 0 Å². The zero-order chi connectivity index (χ0) is 19.3. The van der Waals surface area contributed by atoms with Crippen molar-refractivity contribution in [3.8, 4) is 0 Å². The average Bonchev–Trinajstić information content (AvgIpc) is 2.66. The molecule has 2 rings (SSSR count). The molecule has 27 heavy (non-hydrogen) atoms. The molecule has 0 N–H and O–H groups in total. The lowest BCUT2D eigenvalue weighted by Crippen LogP contribution is -2.23. The van der Waals surface area contributed by atoms with Crippen molar-refractivity contribution in [2.24, 2.45) is 0 Å². The maximum atomic E-state index is 11.2. The topological polar surface area (TPSA) is 61.8 Å². The van der Waals surface area contributed by atoms with Gasteiger partial charge in [0.1, 0.15) is 12.2 Å². The Kier molecular flexibility index (Phi) is 10.5. The number of hydrogen-bond donors (Lipinski definition) is 0. The van der Waals surface area contributed by atoms with Crippen molar-refractivity contribution >= 4 is 23.5 Å². The Morgan fingerprint density at radius 3 is 2.67 bits per heavy atom. The SMILES string of the molecule is CC(=O)CC(=O)OCCCCSc1ccc(CCOC2CCCCO2)cc1. The summed E-state index contributed by atoms with van der Waals surface area (Å²) < 4.78 is 16.4. The molecule has 0 amide bonds. The van der Waals surface area contributed by atoms with Crippen LogP contribution in [0.1, 0.15) is 51.0 Å². The van der Waals surface area contributed by atoms with Crippen LogP contribution in [-0.4, -0.2) is 43.6 Å². The second kappa shape index (κ2) is 12.9. The summed E-state index contributed by atoms with van der Waals surface area (Å²) in [5, 5.41) is 0. The van der Waals surface area contributed by atoms with E-state index in [0.717, 1.165) is 44.5 Å². The van der Waals surface area contributed by atoms with E-state index in [4.69, 9.17) is 14.2 Å². The van der Waals surface area contributed by atoms with Crippen LogP contribution in [0, 0.1) is 0 Å². The molecule has 1 unspecified atom stereocenters. The first kappa shape index (κ1) is 21.9. The van der Waals surface area contributed by atoms with E-state index in [0.29, 0.717) is 13.2 Å². The molecule has 0 aliphatic carbocycles. The first-order valence-corrected chi connectivity index (χ1v) is 10.7. The number of hydrogen-bond acceptors (Lipinski definition) is 6. The number of carbonyl (C=O) groups is 2. The number of unbranched alkanes of at least 4 members (excludes halogenated alkanes) is 1. The zero-order valence-electron chi connectivity index (χ0n) is 16.1. The highest BCUT2D eigenvalue weighted by Gasteiger charge is 2.13. The molecule has 1 aliphatic heterocycles. The molecule has 6 heteroatoms. The summed E-state index contributed by atoms with van der Waals surface area (Å²) in [4.78, 5) is 23.3.